The van der Waals surface area contributed by atoms with Crippen LogP contribution in [0.1, 0.15) is 54.6 Å². The smallest absolute Gasteiger partial charge is 0.165 e. The zero-order valence-corrected chi connectivity index (χ0v) is 21.6. The standard InChI is InChI=1S/C31H33N3O3/c1-4-34-19-27(28-15-16-32-33-28)31(37-34)26-17-25(22(2)3)29(35-20-23-11-7-5-8-12-23)18-30(26)36-21-24-13-9-6-10-14-24/h5-18,22H,4,19-21H2,1-3H3,(H,32,33). The molecule has 3 aromatic carbocycles. The molecule has 4 aromatic rings. The summed E-state index contributed by atoms with van der Waals surface area (Å²) in [6, 6.07) is 26.6. The molecule has 0 fully saturated rings. The number of likely N-dealkylation sites (N-methyl/N-ethyl adjacent to an activating group) is 1. The van der Waals surface area contributed by atoms with Crippen molar-refractivity contribution in [2.24, 2.45) is 0 Å². The third-order valence-electron chi connectivity index (χ3n) is 6.46. The molecule has 0 aliphatic carbocycles. The molecule has 1 aromatic heterocycles. The molecule has 1 aliphatic heterocycles. The van der Waals surface area contributed by atoms with Gasteiger partial charge in [0.15, 0.2) is 5.76 Å². The second-order valence-electron chi connectivity index (χ2n) is 9.41. The van der Waals surface area contributed by atoms with Crippen molar-refractivity contribution in [2.45, 2.75) is 39.9 Å². The number of benzene rings is 3. The minimum Gasteiger partial charge on any atom is -0.488 e. The van der Waals surface area contributed by atoms with Crippen LogP contribution in [0.3, 0.4) is 0 Å². The van der Waals surface area contributed by atoms with Gasteiger partial charge in [0, 0.05) is 24.4 Å². The van der Waals surface area contributed by atoms with Crippen molar-refractivity contribution in [3.8, 4) is 11.5 Å². The Bertz CT molecular complexity index is 1330. The molecule has 1 N–H and O–H groups in total. The minimum atomic E-state index is 0.243. The van der Waals surface area contributed by atoms with Crippen LogP contribution < -0.4 is 9.47 Å². The molecule has 0 spiro atoms. The van der Waals surface area contributed by atoms with Gasteiger partial charge >= 0.3 is 0 Å². The van der Waals surface area contributed by atoms with Crippen LogP contribution in [-0.4, -0.2) is 28.4 Å². The Morgan fingerprint density at radius 2 is 1.54 bits per heavy atom. The fraction of sp³-hybridized carbons (Fsp3) is 0.258. The van der Waals surface area contributed by atoms with Crippen LogP contribution in [0.2, 0.25) is 0 Å². The van der Waals surface area contributed by atoms with Crippen LogP contribution >= 0.6 is 0 Å². The van der Waals surface area contributed by atoms with Gasteiger partial charge in [-0.05, 0) is 41.7 Å². The molecule has 190 valence electrons. The molecule has 37 heavy (non-hydrogen) atoms. The molecular formula is C31H33N3O3. The maximum absolute atomic E-state index is 6.46. The average molecular weight is 496 g/mol. The van der Waals surface area contributed by atoms with E-state index in [1.54, 1.807) is 6.20 Å². The van der Waals surface area contributed by atoms with E-state index in [2.05, 4.69) is 61.3 Å². The Kier molecular flexibility index (Phi) is 7.57. The van der Waals surface area contributed by atoms with Crippen LogP contribution in [0.5, 0.6) is 11.5 Å². The Morgan fingerprint density at radius 1 is 0.892 bits per heavy atom. The third-order valence-corrected chi connectivity index (χ3v) is 6.46. The topological polar surface area (TPSA) is 59.6 Å². The maximum Gasteiger partial charge on any atom is 0.165 e. The molecule has 0 unspecified atom stereocenters. The highest BCUT2D eigenvalue weighted by Gasteiger charge is 2.30. The maximum atomic E-state index is 6.46. The SMILES string of the molecule is CCN1CC(c2ccn[nH]2)=C(c2cc(C(C)C)c(OCc3ccccc3)cc2OCc2ccccc2)O1. The summed E-state index contributed by atoms with van der Waals surface area (Å²) in [6.45, 7) is 8.79. The first-order valence-electron chi connectivity index (χ1n) is 12.8. The number of aromatic nitrogens is 2. The zero-order valence-electron chi connectivity index (χ0n) is 21.6. The lowest BCUT2D eigenvalue weighted by Crippen LogP contribution is -2.18. The monoisotopic (exact) mass is 495 g/mol. The van der Waals surface area contributed by atoms with E-state index in [1.165, 1.54) is 0 Å². The van der Waals surface area contributed by atoms with Crippen molar-refractivity contribution in [2.75, 3.05) is 13.1 Å². The molecule has 0 bridgehead atoms. The lowest BCUT2D eigenvalue weighted by atomic mass is 9.96. The highest BCUT2D eigenvalue weighted by molar-refractivity contribution is 5.90. The number of nitrogens with zero attached hydrogens (tertiary/aromatic N) is 2. The van der Waals surface area contributed by atoms with Gasteiger partial charge in [0.25, 0.3) is 0 Å². The lowest BCUT2D eigenvalue weighted by Gasteiger charge is -2.21. The zero-order chi connectivity index (χ0) is 25.6. The molecule has 0 amide bonds. The molecule has 6 nitrogen and oxygen atoms in total. The van der Waals surface area contributed by atoms with Crippen LogP contribution in [-0.2, 0) is 18.1 Å². The molecule has 0 radical (unpaired) electrons. The third kappa shape index (κ3) is 5.70. The number of hydrogen-bond donors (Lipinski definition) is 1. The van der Waals surface area contributed by atoms with Crippen molar-refractivity contribution < 1.29 is 14.3 Å². The van der Waals surface area contributed by atoms with Gasteiger partial charge in [0.1, 0.15) is 24.7 Å². The summed E-state index contributed by atoms with van der Waals surface area (Å²) in [5, 5.41) is 9.23. The van der Waals surface area contributed by atoms with Crippen molar-refractivity contribution in [3.63, 3.8) is 0 Å². The van der Waals surface area contributed by atoms with Crippen LogP contribution in [0, 0.1) is 0 Å². The molecular weight excluding hydrogens is 462 g/mol. The van der Waals surface area contributed by atoms with Gasteiger partial charge in [0.2, 0.25) is 0 Å². The number of hydroxylamine groups is 2. The second kappa shape index (κ2) is 11.4. The lowest BCUT2D eigenvalue weighted by molar-refractivity contribution is -0.0557. The van der Waals surface area contributed by atoms with E-state index in [9.17, 15) is 0 Å². The quantitative estimate of drug-likeness (QED) is 0.261. The Labute approximate surface area is 218 Å². The Hall–Kier alpha value is -4.03. The molecule has 6 heteroatoms. The summed E-state index contributed by atoms with van der Waals surface area (Å²) in [7, 11) is 0. The Balaban J connectivity index is 1.58. The number of H-pyrrole nitrogens is 1. The summed E-state index contributed by atoms with van der Waals surface area (Å²) in [5.41, 5.74) is 6.22. The first kappa shape index (κ1) is 24.7. The number of aromatic amines is 1. The normalized spacial score (nSPS) is 13.7. The van der Waals surface area contributed by atoms with Crippen molar-refractivity contribution in [1.29, 1.82) is 0 Å². The largest absolute Gasteiger partial charge is 0.488 e. The van der Waals surface area contributed by atoms with Gasteiger partial charge < -0.3 is 14.3 Å². The fourth-order valence-electron chi connectivity index (χ4n) is 4.41. The summed E-state index contributed by atoms with van der Waals surface area (Å²) in [6.07, 6.45) is 1.77. The molecule has 5 rings (SSSR count). The molecule has 0 saturated carbocycles. The van der Waals surface area contributed by atoms with Gasteiger partial charge in [0.05, 0.1) is 17.8 Å². The highest BCUT2D eigenvalue weighted by atomic mass is 16.7. The fourth-order valence-corrected chi connectivity index (χ4v) is 4.41. The molecule has 0 atom stereocenters. The van der Waals surface area contributed by atoms with E-state index in [4.69, 9.17) is 14.3 Å². The minimum absolute atomic E-state index is 0.243. The summed E-state index contributed by atoms with van der Waals surface area (Å²) < 4.78 is 12.8. The molecule has 0 saturated heterocycles. The first-order valence-corrected chi connectivity index (χ1v) is 12.8. The number of nitrogens with one attached hydrogen (secondary N) is 1. The second-order valence-corrected chi connectivity index (χ2v) is 9.41. The predicted octanol–water partition coefficient (Wildman–Crippen LogP) is 6.83. The van der Waals surface area contributed by atoms with E-state index < -0.39 is 0 Å². The number of rotatable bonds is 10. The van der Waals surface area contributed by atoms with E-state index in [1.807, 2.05) is 53.6 Å². The van der Waals surface area contributed by atoms with Crippen LogP contribution in [0.15, 0.2) is 85.1 Å². The first-order chi connectivity index (χ1) is 18.1. The summed E-state index contributed by atoms with van der Waals surface area (Å²) in [5.74, 6) is 2.57. The predicted molar refractivity (Wildman–Crippen MR) is 146 cm³/mol. The van der Waals surface area contributed by atoms with Gasteiger partial charge in [-0.25, -0.2) is 0 Å². The summed E-state index contributed by atoms with van der Waals surface area (Å²) in [4.78, 5) is 6.37. The van der Waals surface area contributed by atoms with Crippen LogP contribution in [0.25, 0.3) is 11.3 Å². The van der Waals surface area contributed by atoms with Gasteiger partial charge in [-0.1, -0.05) is 74.5 Å². The average Bonchev–Trinajstić information content (AvgIpc) is 3.62. The van der Waals surface area contributed by atoms with Crippen molar-refractivity contribution in [1.82, 2.24) is 15.3 Å². The summed E-state index contributed by atoms with van der Waals surface area (Å²) >= 11 is 0. The van der Waals surface area contributed by atoms with E-state index in [0.717, 1.165) is 57.3 Å². The number of ether oxygens (including phenoxy) is 2. The van der Waals surface area contributed by atoms with Crippen molar-refractivity contribution in [3.05, 3.63) is 113 Å². The van der Waals surface area contributed by atoms with Gasteiger partial charge in [-0.2, -0.15) is 5.10 Å². The highest BCUT2D eigenvalue weighted by Crippen LogP contribution is 2.43. The van der Waals surface area contributed by atoms with Gasteiger partial charge in [-0.15, -0.1) is 5.06 Å². The molecule has 1 aliphatic rings. The number of hydrogen-bond acceptors (Lipinski definition) is 5. The van der Waals surface area contributed by atoms with Crippen LogP contribution in [0.4, 0.5) is 0 Å². The van der Waals surface area contributed by atoms with Gasteiger partial charge in [-0.3, -0.25) is 5.10 Å². The van der Waals surface area contributed by atoms with E-state index in [0.29, 0.717) is 19.8 Å². The van der Waals surface area contributed by atoms with E-state index >= 15 is 0 Å². The van der Waals surface area contributed by atoms with E-state index in [-0.39, 0.29) is 5.92 Å². The Morgan fingerprint density at radius 3 is 2.11 bits per heavy atom. The van der Waals surface area contributed by atoms with Crippen molar-refractivity contribution >= 4 is 11.3 Å². The molecule has 2 heterocycles.